The summed E-state index contributed by atoms with van der Waals surface area (Å²) in [5.74, 6) is 0.510. The normalized spacial score (nSPS) is 17.7. The molecule has 1 amide bonds. The zero-order valence-corrected chi connectivity index (χ0v) is 17.3. The molecule has 1 saturated heterocycles. The Morgan fingerprint density at radius 2 is 2.03 bits per heavy atom. The number of hydrogen-bond donors (Lipinski definition) is 1. The van der Waals surface area contributed by atoms with Crippen molar-refractivity contribution in [3.05, 3.63) is 72.7 Å². The summed E-state index contributed by atoms with van der Waals surface area (Å²) in [5, 5.41) is 0. The lowest BCUT2D eigenvalue weighted by Crippen LogP contribution is -2.42. The number of amides is 1. The van der Waals surface area contributed by atoms with E-state index in [4.69, 9.17) is 0 Å². The Morgan fingerprint density at radius 1 is 1.16 bits per heavy atom. The maximum absolute atomic E-state index is 13.6. The third-order valence-corrected chi connectivity index (χ3v) is 6.09. The van der Waals surface area contributed by atoms with Gasteiger partial charge in [-0.2, -0.15) is 0 Å². The number of benzene rings is 2. The van der Waals surface area contributed by atoms with Crippen LogP contribution in [0, 0.1) is 5.82 Å². The van der Waals surface area contributed by atoms with Gasteiger partial charge in [-0.05, 0) is 50.5 Å². The van der Waals surface area contributed by atoms with Crippen molar-refractivity contribution in [3.63, 3.8) is 0 Å². The number of imidazole rings is 2. The number of piperidine rings is 1. The number of likely N-dealkylation sites (tertiary alicyclic amines) is 1. The van der Waals surface area contributed by atoms with Gasteiger partial charge in [0.25, 0.3) is 0 Å². The van der Waals surface area contributed by atoms with Crippen LogP contribution in [0.1, 0.15) is 44.1 Å². The van der Waals surface area contributed by atoms with Gasteiger partial charge in [-0.1, -0.05) is 24.3 Å². The molecule has 2 atom stereocenters. The van der Waals surface area contributed by atoms with E-state index in [0.29, 0.717) is 6.54 Å². The number of carbonyl (C=O) groups excluding carboxylic acids is 1. The summed E-state index contributed by atoms with van der Waals surface area (Å²) in [6, 6.07) is 13.8. The van der Waals surface area contributed by atoms with Crippen LogP contribution in [0.2, 0.25) is 0 Å². The van der Waals surface area contributed by atoms with Crippen LogP contribution in [-0.4, -0.2) is 36.9 Å². The molecule has 1 N–H and O–H groups in total. The number of fused-ring (bicyclic) bond motifs is 1. The number of hydrogen-bond acceptors (Lipinski definition) is 3. The van der Waals surface area contributed by atoms with Crippen LogP contribution in [0.15, 0.2) is 61.1 Å². The minimum absolute atomic E-state index is 0.0524. The minimum atomic E-state index is -0.370. The second-order valence-corrected chi connectivity index (χ2v) is 8.05. The number of aromatic nitrogens is 4. The molecule has 0 spiro atoms. The van der Waals surface area contributed by atoms with Crippen molar-refractivity contribution in [1.82, 2.24) is 24.4 Å². The summed E-state index contributed by atoms with van der Waals surface area (Å²) >= 11 is 0. The standard InChI is InChI=1S/C24H24FN5O/c1-16(30-15-27-19-9-2-3-10-21(19)30)24(31)29-12-5-4-11-22(29)23-26-14-20(28-23)17-7-6-8-18(25)13-17/h2-3,6-10,13-16,22H,4-5,11-12H2,1H3,(H,26,28). The maximum Gasteiger partial charge on any atom is 0.246 e. The first kappa shape index (κ1) is 19.5. The largest absolute Gasteiger partial charge is 0.340 e. The van der Waals surface area contributed by atoms with Crippen LogP contribution >= 0.6 is 0 Å². The molecule has 4 aromatic rings. The van der Waals surface area contributed by atoms with Crippen molar-refractivity contribution in [2.75, 3.05) is 6.54 Å². The predicted molar refractivity (Wildman–Crippen MR) is 117 cm³/mol. The summed E-state index contributed by atoms with van der Waals surface area (Å²) < 4.78 is 15.6. The monoisotopic (exact) mass is 417 g/mol. The highest BCUT2D eigenvalue weighted by molar-refractivity contribution is 5.84. The van der Waals surface area contributed by atoms with E-state index in [-0.39, 0.29) is 23.8 Å². The quantitative estimate of drug-likeness (QED) is 0.515. The lowest BCUT2D eigenvalue weighted by molar-refractivity contribution is -0.138. The van der Waals surface area contributed by atoms with Gasteiger partial charge in [-0.25, -0.2) is 14.4 Å². The van der Waals surface area contributed by atoms with Crippen LogP contribution in [0.3, 0.4) is 0 Å². The van der Waals surface area contributed by atoms with E-state index < -0.39 is 0 Å². The molecule has 0 radical (unpaired) electrons. The molecule has 6 nitrogen and oxygen atoms in total. The molecule has 2 unspecified atom stereocenters. The Kier molecular flexibility index (Phi) is 5.02. The smallest absolute Gasteiger partial charge is 0.246 e. The van der Waals surface area contributed by atoms with E-state index in [1.165, 1.54) is 12.1 Å². The van der Waals surface area contributed by atoms with E-state index in [2.05, 4.69) is 15.0 Å². The molecule has 0 bridgehead atoms. The van der Waals surface area contributed by atoms with Gasteiger partial charge in [0.05, 0.1) is 35.3 Å². The number of aromatic amines is 1. The number of carbonyl (C=O) groups is 1. The van der Waals surface area contributed by atoms with Crippen LogP contribution in [-0.2, 0) is 4.79 Å². The van der Waals surface area contributed by atoms with E-state index in [1.807, 2.05) is 46.7 Å². The molecule has 1 aliphatic rings. The predicted octanol–water partition coefficient (Wildman–Crippen LogP) is 4.88. The molecule has 31 heavy (non-hydrogen) atoms. The van der Waals surface area contributed by atoms with E-state index in [1.54, 1.807) is 18.6 Å². The van der Waals surface area contributed by atoms with Crippen molar-refractivity contribution in [2.24, 2.45) is 0 Å². The molecule has 3 heterocycles. The Bertz CT molecular complexity index is 1230. The fraction of sp³-hybridized carbons (Fsp3) is 0.292. The highest BCUT2D eigenvalue weighted by atomic mass is 19.1. The van der Waals surface area contributed by atoms with Gasteiger partial charge in [0, 0.05) is 12.1 Å². The zero-order chi connectivity index (χ0) is 21.4. The highest BCUT2D eigenvalue weighted by Gasteiger charge is 2.33. The van der Waals surface area contributed by atoms with E-state index >= 15 is 0 Å². The molecule has 0 saturated carbocycles. The molecule has 2 aromatic carbocycles. The fourth-order valence-electron chi connectivity index (χ4n) is 4.43. The van der Waals surface area contributed by atoms with E-state index in [9.17, 15) is 9.18 Å². The SMILES string of the molecule is CC(C(=O)N1CCCCC1c1ncc(-c2cccc(F)c2)[nH]1)n1cnc2ccccc21. The summed E-state index contributed by atoms with van der Waals surface area (Å²) in [4.78, 5) is 27.8. The Morgan fingerprint density at radius 3 is 2.90 bits per heavy atom. The van der Waals surface area contributed by atoms with Gasteiger partial charge < -0.3 is 14.5 Å². The Labute approximate surface area is 179 Å². The Hall–Kier alpha value is -3.48. The summed E-state index contributed by atoms with van der Waals surface area (Å²) in [7, 11) is 0. The minimum Gasteiger partial charge on any atom is -0.340 e. The zero-order valence-electron chi connectivity index (χ0n) is 17.3. The van der Waals surface area contributed by atoms with Crippen LogP contribution in [0.5, 0.6) is 0 Å². The molecule has 7 heteroatoms. The van der Waals surface area contributed by atoms with Crippen LogP contribution in [0.25, 0.3) is 22.3 Å². The van der Waals surface area contributed by atoms with Crippen molar-refractivity contribution in [3.8, 4) is 11.3 Å². The first-order chi connectivity index (χ1) is 15.1. The summed E-state index contributed by atoms with van der Waals surface area (Å²) in [6.07, 6.45) is 6.30. The molecular formula is C24H24FN5O. The number of H-pyrrole nitrogens is 1. The molecule has 158 valence electrons. The number of nitrogens with zero attached hydrogens (tertiary/aromatic N) is 4. The molecule has 1 fully saturated rings. The van der Waals surface area contributed by atoms with Crippen molar-refractivity contribution < 1.29 is 9.18 Å². The first-order valence-electron chi connectivity index (χ1n) is 10.6. The third-order valence-electron chi connectivity index (χ3n) is 6.09. The number of para-hydroxylation sites is 2. The average Bonchev–Trinajstić information content (AvgIpc) is 3.46. The summed E-state index contributed by atoms with van der Waals surface area (Å²) in [5.41, 5.74) is 3.32. The fourth-order valence-corrected chi connectivity index (χ4v) is 4.43. The number of halogens is 1. The Balaban J connectivity index is 1.42. The lowest BCUT2D eigenvalue weighted by atomic mass is 10.0. The summed E-state index contributed by atoms with van der Waals surface area (Å²) in [6.45, 7) is 2.61. The average molecular weight is 417 g/mol. The molecule has 2 aromatic heterocycles. The van der Waals surface area contributed by atoms with Gasteiger partial charge in [-0.3, -0.25) is 4.79 Å². The maximum atomic E-state index is 13.6. The van der Waals surface area contributed by atoms with Gasteiger partial charge >= 0.3 is 0 Å². The third kappa shape index (κ3) is 3.60. The highest BCUT2D eigenvalue weighted by Crippen LogP contribution is 2.33. The van der Waals surface area contributed by atoms with Gasteiger partial charge in [0.2, 0.25) is 5.91 Å². The van der Waals surface area contributed by atoms with E-state index in [0.717, 1.165) is 47.4 Å². The topological polar surface area (TPSA) is 66.8 Å². The molecular weight excluding hydrogens is 393 g/mol. The second kappa shape index (κ2) is 7.98. The van der Waals surface area contributed by atoms with Gasteiger partial charge in [0.1, 0.15) is 17.7 Å². The number of rotatable bonds is 4. The van der Waals surface area contributed by atoms with Crippen molar-refractivity contribution in [1.29, 1.82) is 0 Å². The van der Waals surface area contributed by atoms with Crippen molar-refractivity contribution >= 4 is 16.9 Å². The molecule has 0 aliphatic carbocycles. The first-order valence-corrected chi connectivity index (χ1v) is 10.6. The van der Waals surface area contributed by atoms with Crippen LogP contribution < -0.4 is 0 Å². The van der Waals surface area contributed by atoms with Gasteiger partial charge in [0.15, 0.2) is 0 Å². The molecule has 5 rings (SSSR count). The second-order valence-electron chi connectivity index (χ2n) is 8.05. The lowest BCUT2D eigenvalue weighted by Gasteiger charge is -2.36. The molecule has 1 aliphatic heterocycles. The van der Waals surface area contributed by atoms with Gasteiger partial charge in [-0.15, -0.1) is 0 Å². The van der Waals surface area contributed by atoms with Crippen molar-refractivity contribution in [2.45, 2.75) is 38.3 Å². The van der Waals surface area contributed by atoms with Crippen LogP contribution in [0.4, 0.5) is 4.39 Å². The number of nitrogens with one attached hydrogen (secondary N) is 1.